The van der Waals surface area contributed by atoms with E-state index in [1.807, 2.05) is 36.4 Å². The molecule has 1 saturated heterocycles. The van der Waals surface area contributed by atoms with Gasteiger partial charge in [-0.1, -0.05) is 12.1 Å². The Hall–Kier alpha value is -3.49. The van der Waals surface area contributed by atoms with E-state index in [0.717, 1.165) is 65.6 Å². The molecule has 1 fully saturated rings. The first-order valence-electron chi connectivity index (χ1n) is 11.5. The molecule has 1 aliphatic heterocycles. The summed E-state index contributed by atoms with van der Waals surface area (Å²) < 4.78 is 2.22. The molecular formula is C27H26N6S. The molecule has 5 rings (SSSR count). The molecule has 7 heteroatoms. The molecule has 6 nitrogen and oxygen atoms in total. The third-order valence-electron chi connectivity index (χ3n) is 6.64. The van der Waals surface area contributed by atoms with Crippen LogP contribution in [0.1, 0.15) is 35.5 Å². The summed E-state index contributed by atoms with van der Waals surface area (Å²) in [6, 6.07) is 20.3. The van der Waals surface area contributed by atoms with Crippen molar-refractivity contribution in [3.05, 3.63) is 70.9 Å². The Kier molecular flexibility index (Phi) is 6.17. The summed E-state index contributed by atoms with van der Waals surface area (Å²) in [5.41, 5.74) is 5.74. The molecule has 1 atom stereocenters. The van der Waals surface area contributed by atoms with Crippen LogP contribution in [0.15, 0.2) is 54.7 Å². The van der Waals surface area contributed by atoms with E-state index in [2.05, 4.69) is 58.6 Å². The third-order valence-corrected chi connectivity index (χ3v) is 7.68. The second-order valence-electron chi connectivity index (χ2n) is 8.83. The molecule has 1 aromatic carbocycles. The maximum Gasteiger partial charge on any atom is 0.137 e. The van der Waals surface area contributed by atoms with Crippen LogP contribution in [-0.4, -0.2) is 52.4 Å². The Balaban J connectivity index is 1.65. The molecule has 0 bridgehead atoms. The molecule has 1 aliphatic rings. The number of fused-ring (bicyclic) bond motifs is 1. The van der Waals surface area contributed by atoms with Crippen molar-refractivity contribution in [2.45, 2.75) is 19.4 Å². The van der Waals surface area contributed by atoms with Gasteiger partial charge in [0.2, 0.25) is 0 Å². The van der Waals surface area contributed by atoms with E-state index in [4.69, 9.17) is 4.98 Å². The van der Waals surface area contributed by atoms with Crippen molar-refractivity contribution in [3.63, 3.8) is 0 Å². The van der Waals surface area contributed by atoms with Gasteiger partial charge in [-0.25, -0.2) is 4.98 Å². The number of nitrogens with zero attached hydrogens (tertiary/aromatic N) is 6. The molecule has 0 amide bonds. The highest BCUT2D eigenvalue weighted by molar-refractivity contribution is 7.16. The molecule has 0 aliphatic carbocycles. The van der Waals surface area contributed by atoms with E-state index < -0.39 is 0 Å². The largest absolute Gasteiger partial charge is 0.305 e. The number of imidazole rings is 1. The van der Waals surface area contributed by atoms with Gasteiger partial charge in [0.1, 0.15) is 16.6 Å². The normalized spacial score (nSPS) is 16.1. The van der Waals surface area contributed by atoms with Crippen molar-refractivity contribution in [3.8, 4) is 33.8 Å². The van der Waals surface area contributed by atoms with Crippen LogP contribution in [0.25, 0.3) is 27.3 Å². The Morgan fingerprint density at radius 1 is 0.912 bits per heavy atom. The third kappa shape index (κ3) is 4.22. The van der Waals surface area contributed by atoms with Crippen LogP contribution in [0.4, 0.5) is 0 Å². The number of hydrogen-bond acceptors (Lipinski definition) is 6. The lowest BCUT2D eigenvalue weighted by atomic mass is 10.0. The average Bonchev–Trinajstić information content (AvgIpc) is 3.44. The summed E-state index contributed by atoms with van der Waals surface area (Å²) in [7, 11) is 2.19. The van der Waals surface area contributed by atoms with Crippen LogP contribution < -0.4 is 0 Å². The first-order chi connectivity index (χ1) is 16.6. The summed E-state index contributed by atoms with van der Waals surface area (Å²) in [4.78, 5) is 11.8. The molecular weight excluding hydrogens is 440 g/mol. The van der Waals surface area contributed by atoms with Gasteiger partial charge < -0.3 is 9.30 Å². The fourth-order valence-electron chi connectivity index (χ4n) is 4.70. The molecule has 0 radical (unpaired) electrons. The van der Waals surface area contributed by atoms with Gasteiger partial charge in [-0.3, -0.25) is 4.90 Å². The van der Waals surface area contributed by atoms with Crippen LogP contribution >= 0.6 is 11.3 Å². The first kappa shape index (κ1) is 22.3. The van der Waals surface area contributed by atoms with Crippen LogP contribution in [0.5, 0.6) is 0 Å². The Labute approximate surface area is 203 Å². The number of nitriles is 2. The van der Waals surface area contributed by atoms with Gasteiger partial charge in [0, 0.05) is 47.9 Å². The summed E-state index contributed by atoms with van der Waals surface area (Å²) in [5, 5.41) is 18.5. The van der Waals surface area contributed by atoms with Gasteiger partial charge in [-0.2, -0.15) is 10.5 Å². The first-order valence-corrected chi connectivity index (χ1v) is 12.3. The number of likely N-dealkylation sites (N-methyl/N-ethyl adjacent to an activating group) is 1. The molecule has 0 N–H and O–H groups in total. The number of aromatic nitrogens is 2. The molecule has 4 aromatic rings. The van der Waals surface area contributed by atoms with Crippen molar-refractivity contribution in [1.29, 1.82) is 10.5 Å². The van der Waals surface area contributed by atoms with Crippen LogP contribution in [0.2, 0.25) is 0 Å². The second-order valence-corrected chi connectivity index (χ2v) is 9.91. The Bertz CT molecular complexity index is 1400. The molecule has 0 saturated carbocycles. The Morgan fingerprint density at radius 2 is 1.71 bits per heavy atom. The second kappa shape index (κ2) is 9.40. The van der Waals surface area contributed by atoms with Crippen molar-refractivity contribution in [2.24, 2.45) is 0 Å². The van der Waals surface area contributed by atoms with Crippen molar-refractivity contribution in [2.75, 3.05) is 33.2 Å². The predicted octanol–water partition coefficient (Wildman–Crippen LogP) is 5.17. The molecule has 34 heavy (non-hydrogen) atoms. The summed E-state index contributed by atoms with van der Waals surface area (Å²) in [6.07, 6.45) is 3.29. The van der Waals surface area contributed by atoms with Crippen LogP contribution in [-0.2, 0) is 0 Å². The minimum absolute atomic E-state index is 0.167. The van der Waals surface area contributed by atoms with Gasteiger partial charge in [-0.05, 0) is 63.3 Å². The predicted molar refractivity (Wildman–Crippen MR) is 135 cm³/mol. The smallest absolute Gasteiger partial charge is 0.137 e. The molecule has 4 heterocycles. The highest BCUT2D eigenvalue weighted by Crippen LogP contribution is 2.35. The van der Waals surface area contributed by atoms with E-state index >= 15 is 0 Å². The van der Waals surface area contributed by atoms with Gasteiger partial charge >= 0.3 is 0 Å². The minimum atomic E-state index is 0.167. The molecule has 3 aromatic heterocycles. The monoisotopic (exact) mass is 466 g/mol. The summed E-state index contributed by atoms with van der Waals surface area (Å²) in [6.45, 7) is 6.48. The van der Waals surface area contributed by atoms with Gasteiger partial charge in [0.25, 0.3) is 0 Å². The number of rotatable bonds is 4. The van der Waals surface area contributed by atoms with E-state index in [0.29, 0.717) is 10.4 Å². The van der Waals surface area contributed by atoms with Crippen LogP contribution in [0.3, 0.4) is 0 Å². The van der Waals surface area contributed by atoms with Gasteiger partial charge in [-0.15, -0.1) is 11.3 Å². The quantitative estimate of drug-likeness (QED) is 0.415. The average molecular weight is 467 g/mol. The van der Waals surface area contributed by atoms with Crippen LogP contribution in [0, 0.1) is 22.7 Å². The van der Waals surface area contributed by atoms with Crippen molar-refractivity contribution < 1.29 is 0 Å². The lowest BCUT2D eigenvalue weighted by molar-refractivity contribution is 0.213. The summed E-state index contributed by atoms with van der Waals surface area (Å²) in [5.74, 6) is 0. The SMILES string of the molecule is CC(c1c(-c2ccc(C#N)cc2)nc2ccc(-c3ccc(C#N)s3)cn12)N1CCCN(C)CC1. The fourth-order valence-corrected chi connectivity index (χ4v) is 5.50. The van der Waals surface area contributed by atoms with Crippen molar-refractivity contribution >= 4 is 17.0 Å². The molecule has 1 unspecified atom stereocenters. The standard InChI is InChI=1S/C27H26N6S/c1-19(32-13-3-12-31(2)14-15-32)27-26(21-6-4-20(16-28)5-7-21)30-25-11-8-22(18-33(25)27)24-10-9-23(17-29)34-24/h4-11,18-19H,3,12-15H2,1-2H3. The summed E-state index contributed by atoms with van der Waals surface area (Å²) >= 11 is 1.51. The van der Waals surface area contributed by atoms with Crippen molar-refractivity contribution in [1.82, 2.24) is 19.2 Å². The lowest BCUT2D eigenvalue weighted by Crippen LogP contribution is -2.32. The number of pyridine rings is 1. The zero-order chi connectivity index (χ0) is 23.7. The van der Waals surface area contributed by atoms with E-state index in [1.54, 1.807) is 0 Å². The van der Waals surface area contributed by atoms with E-state index in [9.17, 15) is 10.5 Å². The van der Waals surface area contributed by atoms with E-state index in [1.165, 1.54) is 11.3 Å². The number of thiophene rings is 1. The zero-order valence-electron chi connectivity index (χ0n) is 19.4. The highest BCUT2D eigenvalue weighted by atomic mass is 32.1. The number of benzene rings is 1. The molecule has 170 valence electrons. The lowest BCUT2D eigenvalue weighted by Gasteiger charge is -2.28. The fraction of sp³-hybridized carbons (Fsp3) is 0.296. The van der Waals surface area contributed by atoms with Gasteiger partial charge in [0.15, 0.2) is 0 Å². The topological polar surface area (TPSA) is 71.4 Å². The highest BCUT2D eigenvalue weighted by Gasteiger charge is 2.26. The minimum Gasteiger partial charge on any atom is -0.305 e. The number of hydrogen-bond donors (Lipinski definition) is 0. The maximum absolute atomic E-state index is 9.26. The van der Waals surface area contributed by atoms with E-state index in [-0.39, 0.29) is 6.04 Å². The maximum atomic E-state index is 9.26. The van der Waals surface area contributed by atoms with Gasteiger partial charge in [0.05, 0.1) is 23.0 Å². The molecule has 0 spiro atoms. The zero-order valence-corrected chi connectivity index (χ0v) is 20.2. The Morgan fingerprint density at radius 3 is 2.44 bits per heavy atom.